The predicted molar refractivity (Wildman–Crippen MR) is 95.0 cm³/mol. The number of hydrogen-bond acceptors (Lipinski definition) is 5. The van der Waals surface area contributed by atoms with Crippen molar-refractivity contribution >= 4 is 33.1 Å². The van der Waals surface area contributed by atoms with Crippen molar-refractivity contribution < 1.29 is 18.1 Å². The van der Waals surface area contributed by atoms with Gasteiger partial charge in [-0.1, -0.05) is 29.8 Å². The highest BCUT2D eigenvalue weighted by Crippen LogP contribution is 2.25. The molecule has 0 N–H and O–H groups in total. The molecule has 0 amide bonds. The highest BCUT2D eigenvalue weighted by molar-refractivity contribution is 7.90. The van der Waals surface area contributed by atoms with Crippen molar-refractivity contribution in [3.05, 3.63) is 93.3 Å². The minimum Gasteiger partial charge on any atom is -0.288 e. The van der Waals surface area contributed by atoms with Crippen LogP contribution in [0.3, 0.4) is 0 Å². The Labute approximate surface area is 153 Å². The third-order valence-electron chi connectivity index (χ3n) is 3.66. The lowest BCUT2D eigenvalue weighted by molar-refractivity contribution is -0.384. The molecule has 0 aliphatic heterocycles. The SMILES string of the molecule is O=C(c1ccn(S(=O)(=O)c2ccccc2)c1)c1ccc([N+](=O)[O-])cc1Cl. The van der Waals surface area contributed by atoms with Gasteiger partial charge >= 0.3 is 0 Å². The predicted octanol–water partition coefficient (Wildman–Crippen LogP) is 3.52. The Hall–Kier alpha value is -2.97. The van der Waals surface area contributed by atoms with Gasteiger partial charge in [0.05, 0.1) is 14.8 Å². The van der Waals surface area contributed by atoms with Gasteiger partial charge in [-0.25, -0.2) is 12.4 Å². The molecule has 1 heterocycles. The van der Waals surface area contributed by atoms with Crippen molar-refractivity contribution in [2.45, 2.75) is 4.90 Å². The summed E-state index contributed by atoms with van der Waals surface area (Å²) in [5.41, 5.74) is -0.0943. The first-order chi connectivity index (χ1) is 12.3. The number of ketones is 1. The van der Waals surface area contributed by atoms with Crippen LogP contribution in [0, 0.1) is 10.1 Å². The molecule has 0 aliphatic carbocycles. The van der Waals surface area contributed by atoms with Gasteiger partial charge in [-0.05, 0) is 24.3 Å². The van der Waals surface area contributed by atoms with E-state index in [2.05, 4.69) is 0 Å². The van der Waals surface area contributed by atoms with Crippen LogP contribution in [0.15, 0.2) is 71.9 Å². The number of rotatable bonds is 5. The average Bonchev–Trinajstić information content (AvgIpc) is 3.12. The minimum atomic E-state index is -3.82. The fraction of sp³-hybridized carbons (Fsp3) is 0. The molecule has 0 unspecified atom stereocenters. The third-order valence-corrected chi connectivity index (χ3v) is 5.62. The van der Waals surface area contributed by atoms with E-state index < -0.39 is 20.7 Å². The highest BCUT2D eigenvalue weighted by atomic mass is 35.5. The van der Waals surface area contributed by atoms with Crippen LogP contribution in [0.2, 0.25) is 5.02 Å². The summed E-state index contributed by atoms with van der Waals surface area (Å²) in [6, 6.07) is 12.6. The number of carbonyl (C=O) groups is 1. The van der Waals surface area contributed by atoms with Gasteiger partial charge in [0.2, 0.25) is 0 Å². The van der Waals surface area contributed by atoms with E-state index in [0.717, 1.165) is 16.1 Å². The maximum Gasteiger partial charge on any atom is 0.270 e. The zero-order valence-electron chi connectivity index (χ0n) is 13.1. The van der Waals surface area contributed by atoms with Crippen LogP contribution in [0.25, 0.3) is 0 Å². The Morgan fingerprint density at radius 1 is 1.08 bits per heavy atom. The quantitative estimate of drug-likeness (QED) is 0.377. The number of carbonyl (C=O) groups excluding carboxylic acids is 1. The van der Waals surface area contributed by atoms with E-state index in [-0.39, 0.29) is 26.7 Å². The van der Waals surface area contributed by atoms with E-state index in [0.29, 0.717) is 0 Å². The van der Waals surface area contributed by atoms with Crippen LogP contribution in [-0.4, -0.2) is 23.1 Å². The summed E-state index contributed by atoms with van der Waals surface area (Å²) in [6.07, 6.45) is 2.44. The standard InChI is InChI=1S/C17H11ClN2O5S/c18-16-10-13(20(22)23)6-7-15(16)17(21)12-8-9-19(11-12)26(24,25)14-4-2-1-3-5-14/h1-11H. The Kier molecular flexibility index (Phi) is 4.62. The number of halogens is 1. The third kappa shape index (κ3) is 3.24. The van der Waals surface area contributed by atoms with Crippen molar-refractivity contribution in [1.82, 2.24) is 3.97 Å². The van der Waals surface area contributed by atoms with Gasteiger partial charge in [-0.2, -0.15) is 0 Å². The van der Waals surface area contributed by atoms with E-state index in [9.17, 15) is 23.3 Å². The Morgan fingerprint density at radius 2 is 1.77 bits per heavy atom. The zero-order valence-corrected chi connectivity index (χ0v) is 14.6. The largest absolute Gasteiger partial charge is 0.288 e. The second-order valence-corrected chi connectivity index (χ2v) is 7.55. The summed E-state index contributed by atoms with van der Waals surface area (Å²) < 4.78 is 26.0. The van der Waals surface area contributed by atoms with Crippen LogP contribution in [0.5, 0.6) is 0 Å². The first kappa shape index (κ1) is 17.8. The topological polar surface area (TPSA) is 99.3 Å². The van der Waals surface area contributed by atoms with Gasteiger partial charge < -0.3 is 0 Å². The summed E-state index contributed by atoms with van der Waals surface area (Å²) in [4.78, 5) is 22.8. The molecule has 0 saturated carbocycles. The molecule has 0 spiro atoms. The van der Waals surface area contributed by atoms with E-state index in [1.54, 1.807) is 18.2 Å². The number of aromatic nitrogens is 1. The lowest BCUT2D eigenvalue weighted by Gasteiger charge is -2.05. The number of non-ortho nitro benzene ring substituents is 1. The summed E-state index contributed by atoms with van der Waals surface area (Å²) in [5.74, 6) is -0.535. The first-order valence-electron chi connectivity index (χ1n) is 7.28. The van der Waals surface area contributed by atoms with E-state index in [4.69, 9.17) is 11.6 Å². The Morgan fingerprint density at radius 3 is 2.38 bits per heavy atom. The molecule has 0 bridgehead atoms. The van der Waals surface area contributed by atoms with Crippen molar-refractivity contribution in [2.24, 2.45) is 0 Å². The number of hydrogen-bond donors (Lipinski definition) is 0. The fourth-order valence-corrected chi connectivity index (χ4v) is 3.81. The monoisotopic (exact) mass is 390 g/mol. The van der Waals surface area contributed by atoms with Crippen molar-refractivity contribution in [1.29, 1.82) is 0 Å². The zero-order chi connectivity index (χ0) is 18.9. The molecular weight excluding hydrogens is 380 g/mol. The van der Waals surface area contributed by atoms with Crippen molar-refractivity contribution in [2.75, 3.05) is 0 Å². The summed E-state index contributed by atoms with van der Waals surface area (Å²) in [7, 11) is -3.82. The molecule has 7 nitrogen and oxygen atoms in total. The van der Waals surface area contributed by atoms with Gasteiger partial charge in [0.25, 0.3) is 15.7 Å². The smallest absolute Gasteiger partial charge is 0.270 e. The summed E-state index contributed by atoms with van der Waals surface area (Å²) >= 11 is 5.96. The van der Waals surface area contributed by atoms with Crippen LogP contribution in [-0.2, 0) is 10.0 Å². The van der Waals surface area contributed by atoms with E-state index >= 15 is 0 Å². The van der Waals surface area contributed by atoms with Crippen molar-refractivity contribution in [3.8, 4) is 0 Å². The lowest BCUT2D eigenvalue weighted by atomic mass is 10.1. The second-order valence-electron chi connectivity index (χ2n) is 5.30. The van der Waals surface area contributed by atoms with E-state index in [1.807, 2.05) is 0 Å². The number of nitrogens with zero attached hydrogens (tertiary/aromatic N) is 2. The van der Waals surface area contributed by atoms with Gasteiger partial charge in [-0.15, -0.1) is 0 Å². The van der Waals surface area contributed by atoms with Gasteiger partial charge in [0, 0.05) is 35.7 Å². The molecule has 0 aliphatic rings. The molecule has 26 heavy (non-hydrogen) atoms. The molecule has 0 fully saturated rings. The molecule has 0 saturated heterocycles. The number of nitro benzene ring substituents is 1. The molecule has 0 atom stereocenters. The van der Waals surface area contributed by atoms with Crippen LogP contribution in [0.1, 0.15) is 15.9 Å². The molecule has 9 heteroatoms. The molecule has 132 valence electrons. The van der Waals surface area contributed by atoms with Gasteiger partial charge in [0.1, 0.15) is 0 Å². The van der Waals surface area contributed by atoms with Gasteiger partial charge in [-0.3, -0.25) is 14.9 Å². The second kappa shape index (κ2) is 6.74. The first-order valence-corrected chi connectivity index (χ1v) is 9.10. The van der Waals surface area contributed by atoms with Crippen LogP contribution in [0.4, 0.5) is 5.69 Å². The molecular formula is C17H11ClN2O5S. The molecule has 3 aromatic rings. The van der Waals surface area contributed by atoms with E-state index in [1.165, 1.54) is 36.7 Å². The highest BCUT2D eigenvalue weighted by Gasteiger charge is 2.21. The maximum atomic E-state index is 12.6. The minimum absolute atomic E-state index is 0.0483. The van der Waals surface area contributed by atoms with Crippen LogP contribution < -0.4 is 0 Å². The lowest BCUT2D eigenvalue weighted by Crippen LogP contribution is -2.11. The molecule has 3 rings (SSSR count). The Bertz CT molecular complexity index is 1110. The molecule has 2 aromatic carbocycles. The summed E-state index contributed by atoms with van der Waals surface area (Å²) in [5, 5.41) is 10.7. The van der Waals surface area contributed by atoms with Crippen molar-refractivity contribution in [3.63, 3.8) is 0 Å². The average molecular weight is 391 g/mol. The van der Waals surface area contributed by atoms with Crippen LogP contribution >= 0.6 is 11.6 Å². The maximum absolute atomic E-state index is 12.6. The van der Waals surface area contributed by atoms with Gasteiger partial charge in [0.15, 0.2) is 5.78 Å². The fourth-order valence-electron chi connectivity index (χ4n) is 2.33. The molecule has 1 aromatic heterocycles. The normalized spacial score (nSPS) is 11.3. The number of nitro groups is 1. The molecule has 0 radical (unpaired) electrons. The number of benzene rings is 2. The summed E-state index contributed by atoms with van der Waals surface area (Å²) in [6.45, 7) is 0. The Balaban J connectivity index is 1.95.